The summed E-state index contributed by atoms with van der Waals surface area (Å²) in [7, 11) is -3.74. The fourth-order valence-corrected chi connectivity index (χ4v) is 4.41. The van der Waals surface area contributed by atoms with E-state index in [1.54, 1.807) is 42.5 Å². The summed E-state index contributed by atoms with van der Waals surface area (Å²) >= 11 is 0. The number of nitrogens with one attached hydrogen (secondary N) is 2. The van der Waals surface area contributed by atoms with Crippen molar-refractivity contribution in [2.45, 2.75) is 11.8 Å². The van der Waals surface area contributed by atoms with Crippen molar-refractivity contribution >= 4 is 21.7 Å². The molecule has 3 rings (SSSR count). The van der Waals surface area contributed by atoms with E-state index in [0.29, 0.717) is 17.1 Å². The Bertz CT molecular complexity index is 1080. The van der Waals surface area contributed by atoms with Crippen molar-refractivity contribution in [2.24, 2.45) is 0 Å². The molecule has 0 spiro atoms. The van der Waals surface area contributed by atoms with Crippen LogP contribution in [0.5, 0.6) is 11.5 Å². The van der Waals surface area contributed by atoms with Gasteiger partial charge >= 0.3 is 0 Å². The van der Waals surface area contributed by atoms with E-state index in [0.717, 1.165) is 0 Å². The van der Waals surface area contributed by atoms with Crippen molar-refractivity contribution in [1.82, 2.24) is 10.6 Å². The Morgan fingerprint density at radius 1 is 1.10 bits per heavy atom. The second kappa shape index (κ2) is 9.28. The van der Waals surface area contributed by atoms with Gasteiger partial charge in [0.1, 0.15) is 12.6 Å². The van der Waals surface area contributed by atoms with Gasteiger partial charge in [0, 0.05) is 5.56 Å². The van der Waals surface area contributed by atoms with Crippen LogP contribution in [0.1, 0.15) is 15.9 Å². The van der Waals surface area contributed by atoms with Crippen LogP contribution in [0, 0.1) is 11.3 Å². The van der Waals surface area contributed by atoms with Crippen LogP contribution in [0.4, 0.5) is 0 Å². The lowest BCUT2D eigenvalue weighted by molar-refractivity contribution is -0.122. The van der Waals surface area contributed by atoms with Gasteiger partial charge in [-0.05, 0) is 23.8 Å². The van der Waals surface area contributed by atoms with Crippen LogP contribution in [-0.2, 0) is 20.4 Å². The Morgan fingerprint density at radius 2 is 1.83 bits per heavy atom. The zero-order valence-corrected chi connectivity index (χ0v) is 16.6. The Morgan fingerprint density at radius 3 is 2.57 bits per heavy atom. The fourth-order valence-electron chi connectivity index (χ4n) is 2.85. The van der Waals surface area contributed by atoms with Crippen LogP contribution < -0.4 is 20.1 Å². The Balaban J connectivity index is 1.75. The number of benzene rings is 2. The fraction of sp³-hybridized carbons (Fsp3) is 0.250. The van der Waals surface area contributed by atoms with Crippen molar-refractivity contribution < 1.29 is 27.5 Å². The number of carbonyl (C=O) groups excluding carboxylic acids is 2. The number of nitriles is 1. The van der Waals surface area contributed by atoms with Gasteiger partial charge < -0.3 is 20.1 Å². The molecule has 10 heteroatoms. The van der Waals surface area contributed by atoms with E-state index in [1.807, 2.05) is 0 Å². The molecule has 0 aliphatic carbocycles. The third-order valence-corrected chi connectivity index (χ3v) is 5.86. The second-order valence-corrected chi connectivity index (χ2v) is 8.62. The highest BCUT2D eigenvalue weighted by atomic mass is 32.2. The number of ether oxygens (including phenoxy) is 2. The largest absolute Gasteiger partial charge is 0.454 e. The van der Waals surface area contributed by atoms with Gasteiger partial charge in [0.2, 0.25) is 12.7 Å². The molecule has 0 bridgehead atoms. The van der Waals surface area contributed by atoms with E-state index in [1.165, 1.54) is 12.1 Å². The Hall–Kier alpha value is -3.58. The van der Waals surface area contributed by atoms with Gasteiger partial charge in [-0.15, -0.1) is 0 Å². The minimum atomic E-state index is -3.74. The third-order valence-electron chi connectivity index (χ3n) is 4.25. The summed E-state index contributed by atoms with van der Waals surface area (Å²) in [6.45, 7) is -0.273. The minimum absolute atomic E-state index is 0.0390. The molecule has 0 unspecified atom stereocenters. The van der Waals surface area contributed by atoms with Crippen LogP contribution >= 0.6 is 0 Å². The zero-order chi connectivity index (χ0) is 21.6. The predicted molar refractivity (Wildman–Crippen MR) is 106 cm³/mol. The predicted octanol–water partition coefficient (Wildman–Crippen LogP) is 0.768. The van der Waals surface area contributed by atoms with Gasteiger partial charge in [-0.25, -0.2) is 8.42 Å². The number of amides is 2. The van der Waals surface area contributed by atoms with Crippen molar-refractivity contribution in [3.8, 4) is 17.6 Å². The molecule has 0 radical (unpaired) electrons. The molecule has 1 aliphatic rings. The van der Waals surface area contributed by atoms with E-state index in [9.17, 15) is 18.0 Å². The summed E-state index contributed by atoms with van der Waals surface area (Å²) in [5.74, 6) is -1.45. The second-order valence-electron chi connectivity index (χ2n) is 6.51. The van der Waals surface area contributed by atoms with Crippen molar-refractivity contribution in [3.05, 3.63) is 59.7 Å². The number of rotatable bonds is 8. The molecule has 0 fully saturated rings. The molecule has 0 aromatic heterocycles. The van der Waals surface area contributed by atoms with Crippen LogP contribution in [0.25, 0.3) is 0 Å². The van der Waals surface area contributed by atoms with E-state index >= 15 is 0 Å². The summed E-state index contributed by atoms with van der Waals surface area (Å²) in [4.78, 5) is 25.0. The maximum atomic E-state index is 12.6. The first-order chi connectivity index (χ1) is 14.4. The summed E-state index contributed by atoms with van der Waals surface area (Å²) in [5.41, 5.74) is 0.744. The molecule has 9 nitrogen and oxygen atoms in total. The number of sulfone groups is 1. The van der Waals surface area contributed by atoms with Crippen LogP contribution in [0.15, 0.2) is 48.5 Å². The standard InChI is InChI=1S/C20H19N3O6S/c21-8-9-22-20(25)16(12-30(26,27)11-14-4-2-1-3-5-14)23-19(24)15-6-7-17-18(10-15)29-13-28-17/h1-7,10,16H,9,11-13H2,(H,22,25)(H,23,24)/t16-/m0/s1. The number of nitrogens with zero attached hydrogens (tertiary/aromatic N) is 1. The Labute approximate surface area is 173 Å². The van der Waals surface area contributed by atoms with Gasteiger partial charge in [0.25, 0.3) is 5.91 Å². The molecule has 2 aromatic carbocycles. The van der Waals surface area contributed by atoms with Crippen LogP contribution in [-0.4, -0.2) is 45.4 Å². The van der Waals surface area contributed by atoms with Gasteiger partial charge in [-0.1, -0.05) is 30.3 Å². The maximum Gasteiger partial charge on any atom is 0.252 e. The minimum Gasteiger partial charge on any atom is -0.454 e. The quantitative estimate of drug-likeness (QED) is 0.592. The Kier molecular flexibility index (Phi) is 6.54. The first-order valence-corrected chi connectivity index (χ1v) is 10.8. The topological polar surface area (TPSA) is 135 Å². The number of fused-ring (bicyclic) bond motifs is 1. The lowest BCUT2D eigenvalue weighted by atomic mass is 10.1. The molecule has 2 aromatic rings. The summed E-state index contributed by atoms with van der Waals surface area (Å²) < 4.78 is 35.7. The van der Waals surface area contributed by atoms with E-state index < -0.39 is 33.4 Å². The number of hydrogen-bond donors (Lipinski definition) is 2. The van der Waals surface area contributed by atoms with E-state index in [2.05, 4.69) is 10.6 Å². The monoisotopic (exact) mass is 429 g/mol. The number of hydrogen-bond acceptors (Lipinski definition) is 7. The number of carbonyl (C=O) groups is 2. The summed E-state index contributed by atoms with van der Waals surface area (Å²) in [5, 5.41) is 13.4. The molecule has 1 aliphatic heterocycles. The molecule has 0 saturated carbocycles. The third kappa shape index (κ3) is 5.48. The van der Waals surface area contributed by atoms with E-state index in [-0.39, 0.29) is 24.7 Å². The molecule has 2 N–H and O–H groups in total. The highest BCUT2D eigenvalue weighted by molar-refractivity contribution is 7.90. The van der Waals surface area contributed by atoms with Gasteiger partial charge in [-0.2, -0.15) is 5.26 Å². The highest BCUT2D eigenvalue weighted by Crippen LogP contribution is 2.32. The molecular formula is C20H19N3O6S. The highest BCUT2D eigenvalue weighted by Gasteiger charge is 2.28. The first-order valence-electron chi connectivity index (χ1n) is 8.97. The van der Waals surface area contributed by atoms with Crippen LogP contribution in [0.2, 0.25) is 0 Å². The van der Waals surface area contributed by atoms with Crippen molar-refractivity contribution in [1.29, 1.82) is 5.26 Å². The lowest BCUT2D eigenvalue weighted by Crippen LogP contribution is -2.50. The average Bonchev–Trinajstić information content (AvgIpc) is 3.19. The molecule has 0 saturated heterocycles. The average molecular weight is 429 g/mol. The van der Waals surface area contributed by atoms with Gasteiger partial charge in [0.15, 0.2) is 21.3 Å². The molecule has 30 heavy (non-hydrogen) atoms. The van der Waals surface area contributed by atoms with Gasteiger partial charge in [0.05, 0.1) is 17.6 Å². The van der Waals surface area contributed by atoms with Crippen molar-refractivity contribution in [3.63, 3.8) is 0 Å². The zero-order valence-electron chi connectivity index (χ0n) is 15.8. The molecule has 1 heterocycles. The summed E-state index contributed by atoms with van der Waals surface area (Å²) in [6, 6.07) is 13.4. The molecule has 1 atom stereocenters. The maximum absolute atomic E-state index is 12.6. The van der Waals surface area contributed by atoms with E-state index in [4.69, 9.17) is 14.7 Å². The molecule has 2 amide bonds. The molecular weight excluding hydrogens is 410 g/mol. The summed E-state index contributed by atoms with van der Waals surface area (Å²) in [6.07, 6.45) is 0. The molecule has 156 valence electrons. The first kappa shape index (κ1) is 21.1. The van der Waals surface area contributed by atoms with Gasteiger partial charge in [-0.3, -0.25) is 9.59 Å². The lowest BCUT2D eigenvalue weighted by Gasteiger charge is -2.18. The SMILES string of the molecule is N#CCNC(=O)[C@H](CS(=O)(=O)Cc1ccccc1)NC(=O)c1ccc2c(c1)OCO2. The smallest absolute Gasteiger partial charge is 0.252 e. The normalized spacial score (nSPS) is 13.2. The van der Waals surface area contributed by atoms with Crippen molar-refractivity contribution in [2.75, 3.05) is 19.1 Å². The van der Waals surface area contributed by atoms with Crippen LogP contribution in [0.3, 0.4) is 0 Å².